The summed E-state index contributed by atoms with van der Waals surface area (Å²) < 4.78 is 22.1. The van der Waals surface area contributed by atoms with E-state index in [0.717, 1.165) is 6.26 Å². The second kappa shape index (κ2) is 3.79. The van der Waals surface area contributed by atoms with Crippen LogP contribution in [0.5, 0.6) is 0 Å². The second-order valence-corrected chi connectivity index (χ2v) is 4.82. The van der Waals surface area contributed by atoms with Gasteiger partial charge < -0.3 is 5.32 Å². The first-order valence-corrected chi connectivity index (χ1v) is 5.72. The zero-order valence-electron chi connectivity index (χ0n) is 7.65. The number of benzene rings is 1. The molecule has 1 aromatic rings. The topological polar surface area (TPSA) is 63.2 Å². The van der Waals surface area contributed by atoms with Crippen LogP contribution in [0.1, 0.15) is 10.4 Å². The van der Waals surface area contributed by atoms with Crippen LogP contribution in [-0.2, 0) is 9.84 Å². The highest BCUT2D eigenvalue weighted by Gasteiger charge is 2.08. The maximum atomic E-state index is 11.1. The van der Waals surface area contributed by atoms with Crippen molar-refractivity contribution < 1.29 is 13.2 Å². The first-order valence-electron chi connectivity index (χ1n) is 3.82. The SMILES string of the molecule is [CH2]NC(=O)c1ccc(S(C)(=O)=O)cc1. The van der Waals surface area contributed by atoms with E-state index in [0.29, 0.717) is 5.56 Å². The highest BCUT2D eigenvalue weighted by molar-refractivity contribution is 7.90. The van der Waals surface area contributed by atoms with E-state index in [-0.39, 0.29) is 10.8 Å². The van der Waals surface area contributed by atoms with Crippen LogP contribution in [-0.4, -0.2) is 20.6 Å². The normalized spacial score (nSPS) is 11.0. The van der Waals surface area contributed by atoms with Gasteiger partial charge in [0.05, 0.1) is 4.90 Å². The van der Waals surface area contributed by atoms with Crippen LogP contribution >= 0.6 is 0 Å². The van der Waals surface area contributed by atoms with E-state index < -0.39 is 9.84 Å². The largest absolute Gasteiger partial charge is 0.350 e. The summed E-state index contributed by atoms with van der Waals surface area (Å²) in [6.07, 6.45) is 1.11. The summed E-state index contributed by atoms with van der Waals surface area (Å²) in [4.78, 5) is 11.2. The van der Waals surface area contributed by atoms with Crippen molar-refractivity contribution in [3.8, 4) is 0 Å². The van der Waals surface area contributed by atoms with Gasteiger partial charge in [-0.1, -0.05) is 0 Å². The third-order valence-electron chi connectivity index (χ3n) is 1.71. The Hall–Kier alpha value is -1.36. The summed E-state index contributed by atoms with van der Waals surface area (Å²) in [5.74, 6) is -0.343. The number of hydrogen-bond acceptors (Lipinski definition) is 3. The molecular weight excluding hydrogens is 202 g/mol. The Bertz CT molecular complexity index is 434. The quantitative estimate of drug-likeness (QED) is 0.781. The van der Waals surface area contributed by atoms with Gasteiger partial charge in [0.25, 0.3) is 5.91 Å². The Kier molecular flexibility index (Phi) is 2.90. The van der Waals surface area contributed by atoms with Crippen molar-refractivity contribution >= 4 is 15.7 Å². The van der Waals surface area contributed by atoms with Crippen LogP contribution in [0.2, 0.25) is 0 Å². The molecule has 4 nitrogen and oxygen atoms in total. The van der Waals surface area contributed by atoms with Crippen molar-refractivity contribution in [1.29, 1.82) is 0 Å². The number of carbonyl (C=O) groups excluding carboxylic acids is 1. The lowest BCUT2D eigenvalue weighted by Gasteiger charge is -2.00. The standard InChI is InChI=1S/C9H10NO3S/c1-10-9(11)7-3-5-8(6-4-7)14(2,12)13/h3-6H,1H2,2H3,(H,10,11). The van der Waals surface area contributed by atoms with Crippen molar-refractivity contribution in [1.82, 2.24) is 5.32 Å². The number of carbonyl (C=O) groups is 1. The zero-order chi connectivity index (χ0) is 10.8. The van der Waals surface area contributed by atoms with E-state index in [1.165, 1.54) is 24.3 Å². The summed E-state index contributed by atoms with van der Waals surface area (Å²) >= 11 is 0. The molecule has 14 heavy (non-hydrogen) atoms. The lowest BCUT2D eigenvalue weighted by Crippen LogP contribution is -2.15. The minimum atomic E-state index is -3.20. The molecule has 1 aromatic carbocycles. The smallest absolute Gasteiger partial charge is 0.251 e. The summed E-state index contributed by atoms with van der Waals surface area (Å²) in [7, 11) is 0.0160. The number of nitrogens with one attached hydrogen (secondary N) is 1. The molecule has 1 rings (SSSR count). The van der Waals surface area contributed by atoms with Gasteiger partial charge in [0.1, 0.15) is 0 Å². The van der Waals surface area contributed by atoms with Gasteiger partial charge in [-0.2, -0.15) is 0 Å². The number of amides is 1. The van der Waals surface area contributed by atoms with Crippen LogP contribution in [0.3, 0.4) is 0 Å². The maximum absolute atomic E-state index is 11.1. The molecule has 0 saturated heterocycles. The monoisotopic (exact) mass is 212 g/mol. The summed E-state index contributed by atoms with van der Waals surface area (Å²) in [6, 6.07) is 5.66. The minimum absolute atomic E-state index is 0.193. The van der Waals surface area contributed by atoms with Crippen molar-refractivity contribution in [2.24, 2.45) is 0 Å². The van der Waals surface area contributed by atoms with Gasteiger partial charge in [0.2, 0.25) is 0 Å². The first kappa shape index (κ1) is 10.7. The Labute approximate surface area is 82.9 Å². The molecule has 0 fully saturated rings. The number of hydrogen-bond donors (Lipinski definition) is 1. The lowest BCUT2D eigenvalue weighted by atomic mass is 10.2. The highest BCUT2D eigenvalue weighted by Crippen LogP contribution is 2.09. The van der Waals surface area contributed by atoms with E-state index >= 15 is 0 Å². The molecule has 1 N–H and O–H groups in total. The molecule has 0 aliphatic carbocycles. The molecule has 0 aromatic heterocycles. The maximum Gasteiger partial charge on any atom is 0.251 e. The van der Waals surface area contributed by atoms with Gasteiger partial charge in [-0.3, -0.25) is 4.79 Å². The summed E-state index contributed by atoms with van der Waals surface area (Å²) in [6.45, 7) is 0. The van der Waals surface area contributed by atoms with E-state index in [4.69, 9.17) is 0 Å². The average molecular weight is 212 g/mol. The zero-order valence-corrected chi connectivity index (χ0v) is 8.47. The van der Waals surface area contributed by atoms with Crippen molar-refractivity contribution in [3.63, 3.8) is 0 Å². The predicted molar refractivity (Wildman–Crippen MR) is 52.4 cm³/mol. The van der Waals surface area contributed by atoms with E-state index in [2.05, 4.69) is 12.4 Å². The highest BCUT2D eigenvalue weighted by atomic mass is 32.2. The van der Waals surface area contributed by atoms with Crippen LogP contribution < -0.4 is 5.32 Å². The van der Waals surface area contributed by atoms with E-state index in [1.54, 1.807) is 0 Å². The molecule has 0 atom stereocenters. The minimum Gasteiger partial charge on any atom is -0.350 e. The van der Waals surface area contributed by atoms with Gasteiger partial charge in [-0.05, 0) is 24.3 Å². The van der Waals surface area contributed by atoms with Gasteiger partial charge in [0, 0.05) is 18.9 Å². The number of rotatable bonds is 2. The van der Waals surface area contributed by atoms with Crippen molar-refractivity contribution in [3.05, 3.63) is 36.9 Å². The van der Waals surface area contributed by atoms with Crippen LogP contribution in [0.4, 0.5) is 0 Å². The van der Waals surface area contributed by atoms with Crippen LogP contribution in [0.25, 0.3) is 0 Å². The van der Waals surface area contributed by atoms with Gasteiger partial charge in [0.15, 0.2) is 9.84 Å². The summed E-state index contributed by atoms with van der Waals surface area (Å²) in [5, 5.41) is 2.20. The van der Waals surface area contributed by atoms with Gasteiger partial charge in [-0.15, -0.1) is 0 Å². The molecule has 0 aliphatic rings. The second-order valence-electron chi connectivity index (χ2n) is 2.80. The van der Waals surface area contributed by atoms with E-state index in [1.807, 2.05) is 0 Å². The molecule has 0 heterocycles. The molecule has 0 aliphatic heterocycles. The fourth-order valence-corrected chi connectivity index (χ4v) is 1.59. The fraction of sp³-hybridized carbons (Fsp3) is 0.111. The Morgan fingerprint density at radius 1 is 1.29 bits per heavy atom. The van der Waals surface area contributed by atoms with E-state index in [9.17, 15) is 13.2 Å². The Morgan fingerprint density at radius 2 is 1.79 bits per heavy atom. The molecule has 5 heteroatoms. The van der Waals surface area contributed by atoms with Crippen LogP contribution in [0.15, 0.2) is 29.2 Å². The molecule has 0 saturated carbocycles. The predicted octanol–water partition coefficient (Wildman–Crippen LogP) is 0.611. The molecule has 1 radical (unpaired) electrons. The molecule has 0 bridgehead atoms. The number of sulfone groups is 1. The Morgan fingerprint density at radius 3 is 2.14 bits per heavy atom. The lowest BCUT2D eigenvalue weighted by molar-refractivity contribution is 0.0969. The van der Waals surface area contributed by atoms with Gasteiger partial charge >= 0.3 is 0 Å². The molecule has 1 amide bonds. The third kappa shape index (κ3) is 2.32. The van der Waals surface area contributed by atoms with Gasteiger partial charge in [-0.25, -0.2) is 8.42 Å². The molecule has 0 unspecified atom stereocenters. The molecule has 75 valence electrons. The summed E-state index contributed by atoms with van der Waals surface area (Å²) in [5.41, 5.74) is 0.382. The third-order valence-corrected chi connectivity index (χ3v) is 2.83. The molecular formula is C9H10NO3S. The van der Waals surface area contributed by atoms with Crippen molar-refractivity contribution in [2.45, 2.75) is 4.90 Å². The molecule has 0 spiro atoms. The average Bonchev–Trinajstić information content (AvgIpc) is 2.15. The fourth-order valence-electron chi connectivity index (χ4n) is 0.956. The Balaban J connectivity index is 3.07. The van der Waals surface area contributed by atoms with Crippen LogP contribution in [0, 0.1) is 7.05 Å². The first-order chi connectivity index (χ1) is 6.45. The van der Waals surface area contributed by atoms with Crippen molar-refractivity contribution in [2.75, 3.05) is 6.26 Å².